The van der Waals surface area contributed by atoms with E-state index in [1.54, 1.807) is 16.4 Å². The van der Waals surface area contributed by atoms with Crippen molar-refractivity contribution in [1.82, 2.24) is 18.8 Å². The molecule has 7 heteroatoms. The number of likely N-dealkylation sites (tertiary alicyclic amines) is 1. The lowest BCUT2D eigenvalue weighted by atomic mass is 10.2. The molecular formula is C21H32N4O2S. The van der Waals surface area contributed by atoms with Crippen LogP contribution in [0.4, 0.5) is 0 Å². The molecule has 2 aliphatic rings. The van der Waals surface area contributed by atoms with E-state index in [0.29, 0.717) is 18.0 Å². The van der Waals surface area contributed by atoms with E-state index in [2.05, 4.69) is 16.4 Å². The topological polar surface area (TPSA) is 58.4 Å². The molecule has 0 unspecified atom stereocenters. The number of fused-ring (bicyclic) bond motifs is 1. The lowest BCUT2D eigenvalue weighted by molar-refractivity contribution is 0.267. The second-order valence-electron chi connectivity index (χ2n) is 8.08. The minimum Gasteiger partial charge on any atom is -0.327 e. The number of imidazole rings is 1. The van der Waals surface area contributed by atoms with Gasteiger partial charge in [0.2, 0.25) is 10.0 Å². The Morgan fingerprint density at radius 3 is 2.25 bits per heavy atom. The van der Waals surface area contributed by atoms with Crippen molar-refractivity contribution in [3.05, 3.63) is 24.0 Å². The third-order valence-electron chi connectivity index (χ3n) is 6.13. The van der Waals surface area contributed by atoms with Gasteiger partial charge in [-0.2, -0.15) is 4.31 Å². The summed E-state index contributed by atoms with van der Waals surface area (Å²) < 4.78 is 29.9. The van der Waals surface area contributed by atoms with E-state index < -0.39 is 10.0 Å². The molecular weight excluding hydrogens is 372 g/mol. The molecule has 6 nitrogen and oxygen atoms in total. The number of hydrogen-bond acceptors (Lipinski definition) is 4. The SMILES string of the molecule is CCn1c(CN2CCCCCC2)nc2cc(S(=O)(=O)N3CCCCC3)ccc21. The van der Waals surface area contributed by atoms with Crippen LogP contribution in [-0.4, -0.2) is 53.4 Å². The fourth-order valence-electron chi connectivity index (χ4n) is 4.54. The van der Waals surface area contributed by atoms with Gasteiger partial charge in [-0.25, -0.2) is 13.4 Å². The third kappa shape index (κ3) is 3.98. The normalized spacial score (nSPS) is 20.5. The highest BCUT2D eigenvalue weighted by molar-refractivity contribution is 7.89. The van der Waals surface area contributed by atoms with Gasteiger partial charge in [0, 0.05) is 19.6 Å². The highest BCUT2D eigenvalue weighted by atomic mass is 32.2. The number of aryl methyl sites for hydroxylation is 1. The maximum Gasteiger partial charge on any atom is 0.243 e. The number of aromatic nitrogens is 2. The van der Waals surface area contributed by atoms with Crippen LogP contribution in [0.1, 0.15) is 57.7 Å². The van der Waals surface area contributed by atoms with Crippen LogP contribution in [0.2, 0.25) is 0 Å². The number of nitrogens with zero attached hydrogens (tertiary/aromatic N) is 4. The molecule has 0 atom stereocenters. The van der Waals surface area contributed by atoms with Crippen molar-refractivity contribution < 1.29 is 8.42 Å². The zero-order chi connectivity index (χ0) is 19.6. The monoisotopic (exact) mass is 404 g/mol. The maximum atomic E-state index is 13.0. The highest BCUT2D eigenvalue weighted by Crippen LogP contribution is 2.25. The van der Waals surface area contributed by atoms with Crippen LogP contribution in [0.15, 0.2) is 23.1 Å². The predicted molar refractivity (Wildman–Crippen MR) is 112 cm³/mol. The predicted octanol–water partition coefficient (Wildman–Crippen LogP) is 3.61. The summed E-state index contributed by atoms with van der Waals surface area (Å²) in [6, 6.07) is 5.47. The Labute approximate surface area is 168 Å². The molecule has 2 aromatic rings. The van der Waals surface area contributed by atoms with Gasteiger partial charge in [0.25, 0.3) is 0 Å². The van der Waals surface area contributed by atoms with E-state index >= 15 is 0 Å². The summed E-state index contributed by atoms with van der Waals surface area (Å²) in [5, 5.41) is 0. The van der Waals surface area contributed by atoms with Crippen LogP contribution in [0, 0.1) is 0 Å². The number of rotatable bonds is 5. The molecule has 2 aliphatic heterocycles. The molecule has 0 saturated carbocycles. The molecule has 1 aromatic carbocycles. The average Bonchev–Trinajstić information content (AvgIpc) is 2.86. The first-order valence-corrected chi connectivity index (χ1v) is 12.3. The number of sulfonamides is 1. The molecule has 1 aromatic heterocycles. The van der Waals surface area contributed by atoms with Crippen LogP contribution < -0.4 is 0 Å². The smallest absolute Gasteiger partial charge is 0.243 e. The molecule has 4 rings (SSSR count). The van der Waals surface area contributed by atoms with Crippen molar-refractivity contribution in [2.45, 2.75) is 69.9 Å². The first kappa shape index (κ1) is 19.9. The lowest BCUT2D eigenvalue weighted by Crippen LogP contribution is -2.35. The van der Waals surface area contributed by atoms with Gasteiger partial charge < -0.3 is 4.57 Å². The fourth-order valence-corrected chi connectivity index (χ4v) is 6.08. The summed E-state index contributed by atoms with van der Waals surface area (Å²) in [6.07, 6.45) is 8.16. The Hall–Kier alpha value is -1.44. The molecule has 0 spiro atoms. The Morgan fingerprint density at radius 2 is 1.57 bits per heavy atom. The van der Waals surface area contributed by atoms with Crippen LogP contribution in [0.3, 0.4) is 0 Å². The van der Waals surface area contributed by atoms with Crippen LogP contribution >= 0.6 is 0 Å². The van der Waals surface area contributed by atoms with E-state index in [-0.39, 0.29) is 0 Å². The second kappa shape index (κ2) is 8.51. The van der Waals surface area contributed by atoms with Crippen LogP contribution in [0.5, 0.6) is 0 Å². The Morgan fingerprint density at radius 1 is 0.929 bits per heavy atom. The second-order valence-corrected chi connectivity index (χ2v) is 10.0. The van der Waals surface area contributed by atoms with Crippen molar-refractivity contribution in [1.29, 1.82) is 0 Å². The zero-order valence-electron chi connectivity index (χ0n) is 16.9. The van der Waals surface area contributed by atoms with E-state index in [4.69, 9.17) is 4.98 Å². The standard InChI is InChI=1S/C21H32N4O2S/c1-2-25-20-11-10-18(28(26,27)24-14-8-5-9-15-24)16-19(20)22-21(25)17-23-12-6-3-4-7-13-23/h10-11,16H,2-9,12-15,17H2,1H3. The molecule has 28 heavy (non-hydrogen) atoms. The fraction of sp³-hybridized carbons (Fsp3) is 0.667. The van der Waals surface area contributed by atoms with Gasteiger partial charge in [0.05, 0.1) is 22.5 Å². The molecule has 2 fully saturated rings. The molecule has 3 heterocycles. The molecule has 0 N–H and O–H groups in total. The summed E-state index contributed by atoms with van der Waals surface area (Å²) in [6.45, 7) is 7.33. The van der Waals surface area contributed by atoms with Gasteiger partial charge in [-0.1, -0.05) is 19.3 Å². The first-order chi connectivity index (χ1) is 13.6. The van der Waals surface area contributed by atoms with Crippen LogP contribution in [-0.2, 0) is 23.1 Å². The number of hydrogen-bond donors (Lipinski definition) is 0. The molecule has 0 amide bonds. The maximum absolute atomic E-state index is 13.0. The molecule has 2 saturated heterocycles. The van der Waals surface area contributed by atoms with Gasteiger partial charge in [0.15, 0.2) is 0 Å². The molecule has 154 valence electrons. The number of piperidine rings is 1. The van der Waals surface area contributed by atoms with E-state index in [0.717, 1.165) is 62.3 Å². The van der Waals surface area contributed by atoms with E-state index in [1.807, 2.05) is 6.07 Å². The molecule has 0 aliphatic carbocycles. The summed E-state index contributed by atoms with van der Waals surface area (Å²) in [5.74, 6) is 1.05. The molecule has 0 bridgehead atoms. The van der Waals surface area contributed by atoms with Crippen molar-refractivity contribution >= 4 is 21.1 Å². The Kier molecular flexibility index (Phi) is 6.04. The van der Waals surface area contributed by atoms with Gasteiger partial charge in [-0.3, -0.25) is 4.90 Å². The van der Waals surface area contributed by atoms with Gasteiger partial charge >= 0.3 is 0 Å². The van der Waals surface area contributed by atoms with Crippen molar-refractivity contribution in [3.8, 4) is 0 Å². The summed E-state index contributed by atoms with van der Waals surface area (Å²) in [7, 11) is -3.42. The summed E-state index contributed by atoms with van der Waals surface area (Å²) in [4.78, 5) is 7.74. The van der Waals surface area contributed by atoms with E-state index in [1.165, 1.54) is 25.7 Å². The molecule has 0 radical (unpaired) electrons. The largest absolute Gasteiger partial charge is 0.327 e. The van der Waals surface area contributed by atoms with Gasteiger partial charge in [0.1, 0.15) is 5.82 Å². The van der Waals surface area contributed by atoms with Crippen molar-refractivity contribution in [3.63, 3.8) is 0 Å². The van der Waals surface area contributed by atoms with Crippen molar-refractivity contribution in [2.24, 2.45) is 0 Å². The summed E-state index contributed by atoms with van der Waals surface area (Å²) in [5.41, 5.74) is 1.83. The van der Waals surface area contributed by atoms with Gasteiger partial charge in [-0.05, 0) is 63.9 Å². The Balaban J connectivity index is 1.64. The third-order valence-corrected chi connectivity index (χ3v) is 8.03. The highest BCUT2D eigenvalue weighted by Gasteiger charge is 2.26. The average molecular weight is 405 g/mol. The van der Waals surface area contributed by atoms with E-state index in [9.17, 15) is 8.42 Å². The number of benzene rings is 1. The quantitative estimate of drug-likeness (QED) is 0.764. The van der Waals surface area contributed by atoms with Crippen molar-refractivity contribution in [2.75, 3.05) is 26.2 Å². The minimum atomic E-state index is -3.42. The van der Waals surface area contributed by atoms with Gasteiger partial charge in [-0.15, -0.1) is 0 Å². The lowest BCUT2D eigenvalue weighted by Gasteiger charge is -2.25. The zero-order valence-corrected chi connectivity index (χ0v) is 17.8. The van der Waals surface area contributed by atoms with Crippen LogP contribution in [0.25, 0.3) is 11.0 Å². The summed E-state index contributed by atoms with van der Waals surface area (Å²) >= 11 is 0. The Bertz CT molecular complexity index is 908. The minimum absolute atomic E-state index is 0.379. The first-order valence-electron chi connectivity index (χ1n) is 10.8.